The van der Waals surface area contributed by atoms with Crippen LogP contribution in [0.3, 0.4) is 0 Å². The van der Waals surface area contributed by atoms with E-state index in [0.29, 0.717) is 0 Å². The molecule has 21 heavy (non-hydrogen) atoms. The number of aromatic nitrogens is 1. The normalized spacial score (nSPS) is 19.3. The number of guanidine groups is 1. The van der Waals surface area contributed by atoms with E-state index in [9.17, 15) is 0 Å². The van der Waals surface area contributed by atoms with Gasteiger partial charge >= 0.3 is 0 Å². The highest BCUT2D eigenvalue weighted by Gasteiger charge is 2.18. The van der Waals surface area contributed by atoms with Crippen molar-refractivity contribution in [2.75, 3.05) is 26.7 Å². The molecule has 1 aliphatic rings. The lowest BCUT2D eigenvalue weighted by atomic mass is 10.0. The topological polar surface area (TPSA) is 40.5 Å². The maximum atomic E-state index is 4.46. The van der Waals surface area contributed by atoms with E-state index >= 15 is 0 Å². The highest BCUT2D eigenvalue weighted by molar-refractivity contribution is 14.0. The smallest absolute Gasteiger partial charge is 0.193 e. The second-order valence-electron chi connectivity index (χ2n) is 5.49. The van der Waals surface area contributed by atoms with Gasteiger partial charge in [-0.2, -0.15) is 0 Å². The molecule has 1 aliphatic heterocycles. The number of thiazole rings is 1. The average molecular weight is 422 g/mol. The van der Waals surface area contributed by atoms with E-state index in [1.165, 1.54) is 22.7 Å². The molecule has 1 fully saturated rings. The molecule has 1 atom stereocenters. The first-order valence-corrected chi connectivity index (χ1v) is 8.43. The fourth-order valence-electron chi connectivity index (χ4n) is 2.62. The van der Waals surface area contributed by atoms with Crippen molar-refractivity contribution >= 4 is 41.3 Å². The van der Waals surface area contributed by atoms with Crippen LogP contribution >= 0.6 is 35.3 Å². The van der Waals surface area contributed by atoms with Gasteiger partial charge in [0.15, 0.2) is 5.96 Å². The standard InChI is InChI=1S/C15H26N4S.HI/c1-4-13-10-18-14(20-13)7-8-17-15(16-3)19-9-5-6-12(2)11-19;/h10,12H,4-9,11H2,1-3H3,(H,16,17);1H. The van der Waals surface area contributed by atoms with E-state index in [2.05, 4.69) is 34.0 Å². The number of piperidine rings is 1. The van der Waals surface area contributed by atoms with Gasteiger partial charge in [-0.05, 0) is 25.2 Å². The van der Waals surface area contributed by atoms with E-state index in [0.717, 1.165) is 44.4 Å². The van der Waals surface area contributed by atoms with E-state index in [1.54, 1.807) is 0 Å². The first-order valence-electron chi connectivity index (χ1n) is 7.62. The minimum Gasteiger partial charge on any atom is -0.356 e. The van der Waals surface area contributed by atoms with E-state index in [4.69, 9.17) is 0 Å². The van der Waals surface area contributed by atoms with Crippen LogP contribution in [-0.2, 0) is 12.8 Å². The molecule has 1 aromatic heterocycles. The Morgan fingerprint density at radius 1 is 1.57 bits per heavy atom. The SMILES string of the molecule is CCc1cnc(CCNC(=NC)N2CCCC(C)C2)s1.I. The first-order chi connectivity index (χ1) is 9.72. The molecule has 0 aliphatic carbocycles. The van der Waals surface area contributed by atoms with Crippen molar-refractivity contribution in [2.45, 2.75) is 39.5 Å². The van der Waals surface area contributed by atoms with Crippen LogP contribution < -0.4 is 5.32 Å². The van der Waals surface area contributed by atoms with Crippen LogP contribution in [0.15, 0.2) is 11.2 Å². The molecular weight excluding hydrogens is 395 g/mol. The summed E-state index contributed by atoms with van der Waals surface area (Å²) < 4.78 is 0. The number of aryl methyl sites for hydroxylation is 1. The summed E-state index contributed by atoms with van der Waals surface area (Å²) in [5.74, 6) is 1.82. The van der Waals surface area contributed by atoms with Gasteiger partial charge in [0.05, 0.1) is 5.01 Å². The Morgan fingerprint density at radius 3 is 3.00 bits per heavy atom. The molecule has 0 radical (unpaired) electrons. The number of nitrogens with zero attached hydrogens (tertiary/aromatic N) is 3. The number of hydrogen-bond donors (Lipinski definition) is 1. The molecule has 1 unspecified atom stereocenters. The monoisotopic (exact) mass is 422 g/mol. The molecule has 4 nitrogen and oxygen atoms in total. The summed E-state index contributed by atoms with van der Waals surface area (Å²) in [5, 5.41) is 4.70. The molecule has 2 heterocycles. The number of aliphatic imine (C=N–C) groups is 1. The molecule has 2 rings (SSSR count). The Morgan fingerprint density at radius 2 is 2.38 bits per heavy atom. The summed E-state index contributed by atoms with van der Waals surface area (Å²) in [6.07, 6.45) is 6.67. The number of rotatable bonds is 4. The maximum absolute atomic E-state index is 4.46. The van der Waals surface area contributed by atoms with Crippen molar-refractivity contribution in [1.29, 1.82) is 0 Å². The Hall–Kier alpha value is -0.370. The second kappa shape index (κ2) is 9.61. The minimum atomic E-state index is 0. The molecule has 0 bridgehead atoms. The first kappa shape index (κ1) is 18.7. The average Bonchev–Trinajstić information content (AvgIpc) is 2.91. The van der Waals surface area contributed by atoms with Gasteiger partial charge in [-0.3, -0.25) is 4.99 Å². The molecule has 0 saturated carbocycles. The van der Waals surface area contributed by atoms with E-state index in [-0.39, 0.29) is 24.0 Å². The zero-order valence-electron chi connectivity index (χ0n) is 13.3. The largest absolute Gasteiger partial charge is 0.356 e. The highest BCUT2D eigenvalue weighted by atomic mass is 127. The molecule has 1 N–H and O–H groups in total. The van der Waals surface area contributed by atoms with Crippen LogP contribution in [-0.4, -0.2) is 42.5 Å². The lowest BCUT2D eigenvalue weighted by Crippen LogP contribution is -2.46. The van der Waals surface area contributed by atoms with Crippen LogP contribution in [0.5, 0.6) is 0 Å². The molecule has 1 aromatic rings. The molecule has 0 amide bonds. The highest BCUT2D eigenvalue weighted by Crippen LogP contribution is 2.16. The Bertz CT molecular complexity index is 447. The van der Waals surface area contributed by atoms with Crippen molar-refractivity contribution in [3.8, 4) is 0 Å². The zero-order chi connectivity index (χ0) is 14.4. The van der Waals surface area contributed by atoms with Crippen LogP contribution in [0, 0.1) is 5.92 Å². The lowest BCUT2D eigenvalue weighted by Gasteiger charge is -2.33. The van der Waals surface area contributed by atoms with Crippen molar-refractivity contribution in [2.24, 2.45) is 10.9 Å². The van der Waals surface area contributed by atoms with Crippen molar-refractivity contribution in [3.63, 3.8) is 0 Å². The molecule has 120 valence electrons. The third kappa shape index (κ3) is 5.73. The van der Waals surface area contributed by atoms with E-state index < -0.39 is 0 Å². The third-order valence-corrected chi connectivity index (χ3v) is 4.94. The fourth-order valence-corrected chi connectivity index (χ4v) is 3.48. The summed E-state index contributed by atoms with van der Waals surface area (Å²) in [4.78, 5) is 12.6. The van der Waals surface area contributed by atoms with Crippen LogP contribution in [0.1, 0.15) is 36.6 Å². The molecule has 1 saturated heterocycles. The van der Waals surface area contributed by atoms with Gasteiger partial charge in [-0.15, -0.1) is 35.3 Å². The van der Waals surface area contributed by atoms with E-state index in [1.807, 2.05) is 24.6 Å². The summed E-state index contributed by atoms with van der Waals surface area (Å²) in [6.45, 7) is 7.66. The van der Waals surface area contributed by atoms with Gasteiger partial charge in [0.25, 0.3) is 0 Å². The number of hydrogen-bond acceptors (Lipinski definition) is 3. The van der Waals surface area contributed by atoms with Crippen LogP contribution in [0.4, 0.5) is 0 Å². The van der Waals surface area contributed by atoms with Gasteiger partial charge in [0.2, 0.25) is 0 Å². The van der Waals surface area contributed by atoms with Crippen LogP contribution in [0.25, 0.3) is 0 Å². The summed E-state index contributed by atoms with van der Waals surface area (Å²) in [7, 11) is 1.88. The molecule has 0 spiro atoms. The molecular formula is C15H27IN4S. The fraction of sp³-hybridized carbons (Fsp3) is 0.733. The third-order valence-electron chi connectivity index (χ3n) is 3.74. The number of halogens is 1. The predicted octanol–water partition coefficient (Wildman–Crippen LogP) is 3.17. The quantitative estimate of drug-likeness (QED) is 0.461. The lowest BCUT2D eigenvalue weighted by molar-refractivity contribution is 0.266. The predicted molar refractivity (Wildman–Crippen MR) is 102 cm³/mol. The summed E-state index contributed by atoms with van der Waals surface area (Å²) >= 11 is 1.82. The van der Waals surface area contributed by atoms with Gasteiger partial charge < -0.3 is 10.2 Å². The zero-order valence-corrected chi connectivity index (χ0v) is 16.4. The van der Waals surface area contributed by atoms with Crippen LogP contribution in [0.2, 0.25) is 0 Å². The molecule has 0 aromatic carbocycles. The van der Waals surface area contributed by atoms with Gasteiger partial charge in [-0.1, -0.05) is 13.8 Å². The Kier molecular flexibility index (Phi) is 8.55. The molecule has 6 heteroatoms. The number of nitrogens with one attached hydrogen (secondary N) is 1. The van der Waals surface area contributed by atoms with Gasteiger partial charge in [0, 0.05) is 44.2 Å². The van der Waals surface area contributed by atoms with Crippen molar-refractivity contribution < 1.29 is 0 Å². The van der Waals surface area contributed by atoms with Crippen molar-refractivity contribution in [1.82, 2.24) is 15.2 Å². The number of likely N-dealkylation sites (tertiary alicyclic amines) is 1. The second-order valence-corrected chi connectivity index (χ2v) is 6.69. The summed E-state index contributed by atoms with van der Waals surface area (Å²) in [5.41, 5.74) is 0. The van der Waals surface area contributed by atoms with Gasteiger partial charge in [0.1, 0.15) is 0 Å². The maximum Gasteiger partial charge on any atom is 0.193 e. The Labute approximate surface area is 149 Å². The van der Waals surface area contributed by atoms with Gasteiger partial charge in [-0.25, -0.2) is 4.98 Å². The van der Waals surface area contributed by atoms with Crippen molar-refractivity contribution in [3.05, 3.63) is 16.1 Å². The Balaban J connectivity index is 0.00000220. The summed E-state index contributed by atoms with van der Waals surface area (Å²) in [6, 6.07) is 0. The minimum absolute atomic E-state index is 0.